The van der Waals surface area contributed by atoms with Crippen LogP contribution < -0.4 is 5.32 Å². The first-order chi connectivity index (χ1) is 10.1. The Labute approximate surface area is 128 Å². The van der Waals surface area contributed by atoms with Crippen LogP contribution >= 0.6 is 22.7 Å². The number of hydrogen-bond acceptors (Lipinski definition) is 7. The van der Waals surface area contributed by atoms with E-state index in [1.54, 1.807) is 23.8 Å². The van der Waals surface area contributed by atoms with Crippen molar-refractivity contribution in [1.29, 1.82) is 0 Å². The number of hydrogen-bond donors (Lipinski definition) is 1. The normalized spacial score (nSPS) is 11.0. The summed E-state index contributed by atoms with van der Waals surface area (Å²) >= 11 is 2.73. The Hall–Kier alpha value is -2.06. The molecule has 21 heavy (non-hydrogen) atoms. The summed E-state index contributed by atoms with van der Waals surface area (Å²) in [6, 6.07) is 3.59. The van der Waals surface area contributed by atoms with Gasteiger partial charge in [-0.15, -0.1) is 21.5 Å². The highest BCUT2D eigenvalue weighted by molar-refractivity contribution is 7.15. The molecule has 0 aliphatic carbocycles. The molecule has 3 heterocycles. The third-order valence-electron chi connectivity index (χ3n) is 2.62. The summed E-state index contributed by atoms with van der Waals surface area (Å²) < 4.78 is 5.26. The molecule has 0 saturated heterocycles. The van der Waals surface area contributed by atoms with Gasteiger partial charge in [0, 0.05) is 11.3 Å². The van der Waals surface area contributed by atoms with Gasteiger partial charge in [-0.2, -0.15) is 0 Å². The zero-order chi connectivity index (χ0) is 14.8. The summed E-state index contributed by atoms with van der Waals surface area (Å²) in [6.45, 7) is 4.06. The molecule has 0 aromatic carbocycles. The summed E-state index contributed by atoms with van der Waals surface area (Å²) in [5, 5.41) is 14.4. The number of aromatic nitrogens is 3. The number of amides is 1. The Morgan fingerprint density at radius 3 is 2.90 bits per heavy atom. The lowest BCUT2D eigenvalue weighted by atomic mass is 10.2. The maximum atomic E-state index is 12.1. The van der Waals surface area contributed by atoms with E-state index in [2.05, 4.69) is 20.5 Å². The van der Waals surface area contributed by atoms with Gasteiger partial charge in [0.25, 0.3) is 5.91 Å². The van der Waals surface area contributed by atoms with E-state index in [0.717, 1.165) is 5.01 Å². The topological polar surface area (TPSA) is 80.9 Å². The number of anilines is 1. The number of furan rings is 1. The zero-order valence-electron chi connectivity index (χ0n) is 11.4. The SMILES string of the molecule is CC(C)c1nnc(NC(=O)c2csc(-c3ccco3)n2)s1. The standard InChI is InChI=1S/C13H12N4O2S2/c1-7(2)11-16-17-13(21-11)15-10(18)8-6-20-12(14-8)9-4-3-5-19-9/h3-7H,1-2H3,(H,15,17,18). The van der Waals surface area contributed by atoms with Crippen molar-refractivity contribution < 1.29 is 9.21 Å². The molecule has 3 aromatic rings. The first-order valence-corrected chi connectivity index (χ1v) is 7.97. The van der Waals surface area contributed by atoms with Gasteiger partial charge in [-0.25, -0.2) is 4.98 Å². The van der Waals surface area contributed by atoms with Gasteiger partial charge in [-0.05, 0) is 12.1 Å². The second-order valence-corrected chi connectivity index (χ2v) is 6.44. The van der Waals surface area contributed by atoms with Gasteiger partial charge in [0.1, 0.15) is 10.7 Å². The van der Waals surface area contributed by atoms with Gasteiger partial charge in [-0.1, -0.05) is 25.2 Å². The van der Waals surface area contributed by atoms with Gasteiger partial charge in [0.05, 0.1) is 6.26 Å². The van der Waals surface area contributed by atoms with Crippen LogP contribution in [0.15, 0.2) is 28.2 Å². The van der Waals surface area contributed by atoms with Crippen molar-refractivity contribution in [3.8, 4) is 10.8 Å². The summed E-state index contributed by atoms with van der Waals surface area (Å²) in [5.41, 5.74) is 0.340. The summed E-state index contributed by atoms with van der Waals surface area (Å²) in [5.74, 6) is 0.644. The van der Waals surface area contributed by atoms with Crippen molar-refractivity contribution >= 4 is 33.7 Å². The zero-order valence-corrected chi connectivity index (χ0v) is 13.0. The average molecular weight is 320 g/mol. The highest BCUT2D eigenvalue weighted by Gasteiger charge is 2.16. The van der Waals surface area contributed by atoms with Crippen LogP contribution in [0, 0.1) is 0 Å². The first kappa shape index (κ1) is 13.9. The Morgan fingerprint density at radius 2 is 2.24 bits per heavy atom. The Kier molecular flexibility index (Phi) is 3.80. The Morgan fingerprint density at radius 1 is 1.38 bits per heavy atom. The number of nitrogens with one attached hydrogen (secondary N) is 1. The van der Waals surface area contributed by atoms with Crippen LogP contribution in [0.4, 0.5) is 5.13 Å². The molecule has 0 aliphatic heterocycles. The number of rotatable bonds is 4. The molecule has 6 nitrogen and oxygen atoms in total. The van der Waals surface area contributed by atoms with Crippen LogP contribution in [0.3, 0.4) is 0 Å². The fraction of sp³-hybridized carbons (Fsp3) is 0.231. The highest BCUT2D eigenvalue weighted by atomic mass is 32.1. The Balaban J connectivity index is 1.73. The van der Waals surface area contributed by atoms with E-state index in [4.69, 9.17) is 4.42 Å². The molecule has 0 saturated carbocycles. The fourth-order valence-electron chi connectivity index (χ4n) is 1.57. The lowest BCUT2D eigenvalue weighted by Crippen LogP contribution is -2.12. The summed E-state index contributed by atoms with van der Waals surface area (Å²) in [6.07, 6.45) is 1.57. The third kappa shape index (κ3) is 3.01. The van der Waals surface area contributed by atoms with Gasteiger partial charge in [-0.3, -0.25) is 10.1 Å². The maximum absolute atomic E-state index is 12.1. The van der Waals surface area contributed by atoms with E-state index >= 15 is 0 Å². The van der Waals surface area contributed by atoms with Crippen LogP contribution in [-0.4, -0.2) is 21.1 Å². The molecule has 0 fully saturated rings. The number of carbonyl (C=O) groups is 1. The predicted octanol–water partition coefficient (Wildman–Crippen LogP) is 3.63. The fourth-order valence-corrected chi connectivity index (χ4v) is 3.08. The monoisotopic (exact) mass is 320 g/mol. The first-order valence-electron chi connectivity index (χ1n) is 6.27. The highest BCUT2D eigenvalue weighted by Crippen LogP contribution is 2.25. The van der Waals surface area contributed by atoms with Gasteiger partial charge in [0.15, 0.2) is 10.8 Å². The molecule has 0 spiro atoms. The Bertz CT molecular complexity index is 746. The van der Waals surface area contributed by atoms with Crippen molar-refractivity contribution in [3.05, 3.63) is 34.5 Å². The predicted molar refractivity (Wildman–Crippen MR) is 81.8 cm³/mol. The van der Waals surface area contributed by atoms with Crippen molar-refractivity contribution in [2.45, 2.75) is 19.8 Å². The molecule has 3 rings (SSSR count). The van der Waals surface area contributed by atoms with E-state index in [9.17, 15) is 4.79 Å². The molecule has 1 amide bonds. The van der Waals surface area contributed by atoms with Crippen molar-refractivity contribution in [1.82, 2.24) is 15.2 Å². The smallest absolute Gasteiger partial charge is 0.276 e. The van der Waals surface area contributed by atoms with E-state index in [1.807, 2.05) is 13.8 Å². The maximum Gasteiger partial charge on any atom is 0.276 e. The van der Waals surface area contributed by atoms with Crippen molar-refractivity contribution in [3.63, 3.8) is 0 Å². The second-order valence-electron chi connectivity index (χ2n) is 4.57. The third-order valence-corrected chi connectivity index (χ3v) is 4.62. The molecule has 1 N–H and O–H groups in total. The van der Waals surface area contributed by atoms with Crippen molar-refractivity contribution in [2.24, 2.45) is 0 Å². The lowest BCUT2D eigenvalue weighted by molar-refractivity contribution is 0.102. The van der Waals surface area contributed by atoms with E-state index in [-0.39, 0.29) is 11.8 Å². The minimum absolute atomic E-state index is 0.290. The van der Waals surface area contributed by atoms with E-state index < -0.39 is 0 Å². The second kappa shape index (κ2) is 5.74. The van der Waals surface area contributed by atoms with Gasteiger partial charge >= 0.3 is 0 Å². The van der Waals surface area contributed by atoms with E-state index in [1.165, 1.54) is 22.7 Å². The number of carbonyl (C=O) groups excluding carboxylic acids is 1. The lowest BCUT2D eigenvalue weighted by Gasteiger charge is -1.97. The number of nitrogens with zero attached hydrogens (tertiary/aromatic N) is 3. The summed E-state index contributed by atoms with van der Waals surface area (Å²) in [7, 11) is 0. The van der Waals surface area contributed by atoms with Crippen molar-refractivity contribution in [2.75, 3.05) is 5.32 Å². The quantitative estimate of drug-likeness (QED) is 0.794. The molecule has 8 heteroatoms. The molecule has 0 radical (unpaired) electrons. The molecule has 0 aliphatic rings. The van der Waals surface area contributed by atoms with Crippen LogP contribution in [0.25, 0.3) is 10.8 Å². The minimum atomic E-state index is -0.296. The number of thiazole rings is 1. The van der Waals surface area contributed by atoms with Crippen LogP contribution in [0.5, 0.6) is 0 Å². The van der Waals surface area contributed by atoms with Crippen LogP contribution in [-0.2, 0) is 0 Å². The molecule has 3 aromatic heterocycles. The molecule has 0 unspecified atom stereocenters. The van der Waals surface area contributed by atoms with Gasteiger partial charge < -0.3 is 4.42 Å². The average Bonchev–Trinajstić information content (AvgIpc) is 3.19. The molecule has 0 bridgehead atoms. The summed E-state index contributed by atoms with van der Waals surface area (Å²) in [4.78, 5) is 16.4. The van der Waals surface area contributed by atoms with E-state index in [0.29, 0.717) is 21.6 Å². The van der Waals surface area contributed by atoms with Crippen LogP contribution in [0.1, 0.15) is 35.3 Å². The van der Waals surface area contributed by atoms with Crippen LogP contribution in [0.2, 0.25) is 0 Å². The van der Waals surface area contributed by atoms with Gasteiger partial charge in [0.2, 0.25) is 5.13 Å². The molecule has 108 valence electrons. The molecular formula is C13H12N4O2S2. The largest absolute Gasteiger partial charge is 0.462 e. The molecule has 0 atom stereocenters. The molecular weight excluding hydrogens is 308 g/mol. The minimum Gasteiger partial charge on any atom is -0.462 e.